The summed E-state index contributed by atoms with van der Waals surface area (Å²) in [6, 6.07) is 2.19. The van der Waals surface area contributed by atoms with E-state index >= 15 is 0 Å². The summed E-state index contributed by atoms with van der Waals surface area (Å²) in [4.78, 5) is 0. The molecule has 0 atom stereocenters. The fourth-order valence-electron chi connectivity index (χ4n) is 1.36. The number of hydrogen-bond acceptors (Lipinski definition) is 3. The van der Waals surface area contributed by atoms with Gasteiger partial charge < -0.3 is 10.1 Å². The molecule has 2 nitrogen and oxygen atoms in total. The SMILES string of the molecule is CC(C)CCOCCNCCc1ccsc1. The van der Waals surface area contributed by atoms with Crippen molar-refractivity contribution >= 4 is 11.3 Å². The molecule has 0 saturated heterocycles. The number of thiophene rings is 1. The summed E-state index contributed by atoms with van der Waals surface area (Å²) in [5, 5.41) is 7.73. The number of rotatable bonds is 9. The molecule has 92 valence electrons. The minimum atomic E-state index is 0.742. The number of hydrogen-bond donors (Lipinski definition) is 1. The quantitative estimate of drug-likeness (QED) is 0.671. The first-order valence-electron chi connectivity index (χ1n) is 6.08. The Morgan fingerprint density at radius 1 is 1.31 bits per heavy atom. The minimum absolute atomic E-state index is 0.742. The summed E-state index contributed by atoms with van der Waals surface area (Å²) in [6.45, 7) is 8.18. The van der Waals surface area contributed by atoms with E-state index in [0.29, 0.717) is 0 Å². The van der Waals surface area contributed by atoms with Gasteiger partial charge >= 0.3 is 0 Å². The van der Waals surface area contributed by atoms with Crippen molar-refractivity contribution in [1.82, 2.24) is 5.32 Å². The van der Waals surface area contributed by atoms with E-state index in [1.54, 1.807) is 11.3 Å². The maximum absolute atomic E-state index is 5.52. The molecule has 0 radical (unpaired) electrons. The highest BCUT2D eigenvalue weighted by atomic mass is 32.1. The molecule has 0 aliphatic carbocycles. The highest BCUT2D eigenvalue weighted by Gasteiger charge is 1.95. The van der Waals surface area contributed by atoms with Crippen molar-refractivity contribution in [2.45, 2.75) is 26.7 Å². The Bertz CT molecular complexity index is 246. The Labute approximate surface area is 103 Å². The molecule has 0 aliphatic rings. The van der Waals surface area contributed by atoms with Crippen LogP contribution in [0.2, 0.25) is 0 Å². The van der Waals surface area contributed by atoms with Gasteiger partial charge in [-0.2, -0.15) is 11.3 Å². The lowest BCUT2D eigenvalue weighted by molar-refractivity contribution is 0.125. The molecule has 0 aromatic carbocycles. The van der Waals surface area contributed by atoms with Crippen LogP contribution in [0.3, 0.4) is 0 Å². The van der Waals surface area contributed by atoms with Crippen LogP contribution in [0, 0.1) is 5.92 Å². The Balaban J connectivity index is 1.82. The highest BCUT2D eigenvalue weighted by Crippen LogP contribution is 2.05. The second-order valence-electron chi connectivity index (χ2n) is 4.43. The van der Waals surface area contributed by atoms with Crippen LogP contribution in [0.15, 0.2) is 16.8 Å². The molecule has 0 spiro atoms. The van der Waals surface area contributed by atoms with Crippen molar-refractivity contribution in [2.24, 2.45) is 5.92 Å². The average molecular weight is 241 g/mol. The lowest BCUT2D eigenvalue weighted by Gasteiger charge is -2.07. The molecule has 0 bridgehead atoms. The summed E-state index contributed by atoms with van der Waals surface area (Å²) >= 11 is 1.76. The number of nitrogens with one attached hydrogen (secondary N) is 1. The molecule has 1 aromatic rings. The van der Waals surface area contributed by atoms with Gasteiger partial charge in [-0.1, -0.05) is 13.8 Å². The first kappa shape index (κ1) is 13.7. The molecule has 1 rings (SSSR count). The standard InChI is InChI=1S/C13H23NOS/c1-12(2)4-8-15-9-7-14-6-3-13-5-10-16-11-13/h5,10-12,14H,3-4,6-9H2,1-2H3. The zero-order valence-electron chi connectivity index (χ0n) is 10.4. The van der Waals surface area contributed by atoms with E-state index in [1.807, 2.05) is 0 Å². The van der Waals surface area contributed by atoms with Gasteiger partial charge in [-0.15, -0.1) is 0 Å². The normalized spacial score (nSPS) is 11.2. The smallest absolute Gasteiger partial charge is 0.0590 e. The Hall–Kier alpha value is -0.380. The molecular weight excluding hydrogens is 218 g/mol. The molecule has 0 aliphatic heterocycles. The largest absolute Gasteiger partial charge is 0.380 e. The zero-order valence-corrected chi connectivity index (χ0v) is 11.2. The van der Waals surface area contributed by atoms with Crippen LogP contribution in [0.25, 0.3) is 0 Å². The van der Waals surface area contributed by atoms with Crippen LogP contribution < -0.4 is 5.32 Å². The first-order chi connectivity index (χ1) is 7.79. The van der Waals surface area contributed by atoms with Crippen molar-refractivity contribution in [3.8, 4) is 0 Å². The van der Waals surface area contributed by atoms with Crippen molar-refractivity contribution in [2.75, 3.05) is 26.3 Å². The summed E-state index contributed by atoms with van der Waals surface area (Å²) in [7, 11) is 0. The molecule has 0 fully saturated rings. The van der Waals surface area contributed by atoms with E-state index in [-0.39, 0.29) is 0 Å². The van der Waals surface area contributed by atoms with Gasteiger partial charge in [0.2, 0.25) is 0 Å². The van der Waals surface area contributed by atoms with Crippen LogP contribution >= 0.6 is 11.3 Å². The van der Waals surface area contributed by atoms with E-state index in [1.165, 1.54) is 5.56 Å². The number of ether oxygens (including phenoxy) is 1. The fourth-order valence-corrected chi connectivity index (χ4v) is 2.06. The Morgan fingerprint density at radius 2 is 2.19 bits per heavy atom. The third-order valence-electron chi connectivity index (χ3n) is 2.43. The fraction of sp³-hybridized carbons (Fsp3) is 0.692. The van der Waals surface area contributed by atoms with E-state index < -0.39 is 0 Å². The third kappa shape index (κ3) is 6.99. The van der Waals surface area contributed by atoms with Gasteiger partial charge in [0.05, 0.1) is 6.61 Å². The zero-order chi connectivity index (χ0) is 11.6. The van der Waals surface area contributed by atoms with Crippen molar-refractivity contribution < 1.29 is 4.74 Å². The van der Waals surface area contributed by atoms with Crippen LogP contribution in [-0.2, 0) is 11.2 Å². The van der Waals surface area contributed by atoms with Crippen molar-refractivity contribution in [3.05, 3.63) is 22.4 Å². The van der Waals surface area contributed by atoms with Crippen molar-refractivity contribution in [3.63, 3.8) is 0 Å². The van der Waals surface area contributed by atoms with Gasteiger partial charge in [0.25, 0.3) is 0 Å². The molecule has 0 amide bonds. The topological polar surface area (TPSA) is 21.3 Å². The molecular formula is C13H23NOS. The maximum Gasteiger partial charge on any atom is 0.0590 e. The predicted molar refractivity (Wildman–Crippen MR) is 71.2 cm³/mol. The summed E-state index contributed by atoms with van der Waals surface area (Å²) < 4.78 is 5.52. The second kappa shape index (κ2) is 8.74. The van der Waals surface area contributed by atoms with Gasteiger partial charge in [0, 0.05) is 13.2 Å². The monoisotopic (exact) mass is 241 g/mol. The van der Waals surface area contributed by atoms with Gasteiger partial charge in [0.1, 0.15) is 0 Å². The van der Waals surface area contributed by atoms with Crippen LogP contribution in [0.1, 0.15) is 25.8 Å². The van der Waals surface area contributed by atoms with E-state index in [2.05, 4.69) is 36.0 Å². The Kier molecular flexibility index (Phi) is 7.47. The summed E-state index contributed by atoms with van der Waals surface area (Å²) in [5.41, 5.74) is 1.43. The van der Waals surface area contributed by atoms with E-state index in [0.717, 1.165) is 45.1 Å². The highest BCUT2D eigenvalue weighted by molar-refractivity contribution is 7.07. The minimum Gasteiger partial charge on any atom is -0.380 e. The summed E-state index contributed by atoms with van der Waals surface area (Å²) in [5.74, 6) is 0.742. The molecule has 0 saturated carbocycles. The molecule has 16 heavy (non-hydrogen) atoms. The van der Waals surface area contributed by atoms with E-state index in [4.69, 9.17) is 4.74 Å². The Morgan fingerprint density at radius 3 is 2.88 bits per heavy atom. The van der Waals surface area contributed by atoms with Gasteiger partial charge in [-0.05, 0) is 47.7 Å². The lowest BCUT2D eigenvalue weighted by Crippen LogP contribution is -2.22. The van der Waals surface area contributed by atoms with Crippen LogP contribution in [-0.4, -0.2) is 26.3 Å². The third-order valence-corrected chi connectivity index (χ3v) is 3.17. The van der Waals surface area contributed by atoms with E-state index in [9.17, 15) is 0 Å². The second-order valence-corrected chi connectivity index (χ2v) is 5.21. The van der Waals surface area contributed by atoms with Crippen molar-refractivity contribution in [1.29, 1.82) is 0 Å². The lowest BCUT2D eigenvalue weighted by atomic mass is 10.1. The predicted octanol–water partition coefficient (Wildman–Crippen LogP) is 2.94. The van der Waals surface area contributed by atoms with Gasteiger partial charge in [0.15, 0.2) is 0 Å². The van der Waals surface area contributed by atoms with Gasteiger partial charge in [-0.25, -0.2) is 0 Å². The average Bonchev–Trinajstić information content (AvgIpc) is 2.74. The first-order valence-corrected chi connectivity index (χ1v) is 7.03. The molecule has 1 aromatic heterocycles. The molecule has 0 unspecified atom stereocenters. The summed E-state index contributed by atoms with van der Waals surface area (Å²) in [6.07, 6.45) is 2.28. The molecule has 1 N–H and O–H groups in total. The van der Waals surface area contributed by atoms with Crippen LogP contribution in [0.4, 0.5) is 0 Å². The molecule has 3 heteroatoms. The maximum atomic E-state index is 5.52. The van der Waals surface area contributed by atoms with Crippen LogP contribution in [0.5, 0.6) is 0 Å². The molecule has 1 heterocycles. The van der Waals surface area contributed by atoms with Gasteiger partial charge in [-0.3, -0.25) is 0 Å².